The van der Waals surface area contributed by atoms with Crippen molar-refractivity contribution < 1.29 is 31.8 Å². The van der Waals surface area contributed by atoms with Gasteiger partial charge in [-0.25, -0.2) is 4.98 Å². The predicted octanol–water partition coefficient (Wildman–Crippen LogP) is 5.05. The summed E-state index contributed by atoms with van der Waals surface area (Å²) in [7, 11) is 0. The van der Waals surface area contributed by atoms with Crippen molar-refractivity contribution in [2.24, 2.45) is 0 Å². The van der Waals surface area contributed by atoms with E-state index >= 15 is 0 Å². The highest BCUT2D eigenvalue weighted by molar-refractivity contribution is 6.07. The van der Waals surface area contributed by atoms with Crippen LogP contribution in [0.5, 0.6) is 17.2 Å². The molecule has 0 aliphatic rings. The molecular weight excluding hydrogens is 406 g/mol. The standard InChI is InChI=1S/C20H15F4N3O3/c1-11-10-14(18(25)27-17(11)21)19(28)26-12-6-8-13(9-7-12)29-15-4-2-3-5-16(15)30-20(22,23)24/h2-10H,1H3,(H2,25,27)(H,26,28). The van der Waals surface area contributed by atoms with Crippen LogP contribution in [0, 0.1) is 12.9 Å². The number of halogens is 4. The SMILES string of the molecule is Cc1cc(C(=O)Nc2ccc(Oc3ccccc3OC(F)(F)F)cc2)c(N)nc1F. The first-order chi connectivity index (χ1) is 14.1. The summed E-state index contributed by atoms with van der Waals surface area (Å²) in [4.78, 5) is 15.8. The Bertz CT molecular complexity index is 1070. The molecule has 6 nitrogen and oxygen atoms in total. The van der Waals surface area contributed by atoms with Gasteiger partial charge in [-0.15, -0.1) is 13.2 Å². The van der Waals surface area contributed by atoms with E-state index in [0.717, 1.165) is 6.07 Å². The van der Waals surface area contributed by atoms with Crippen LogP contribution in [0.2, 0.25) is 0 Å². The maximum atomic E-state index is 13.4. The quantitative estimate of drug-likeness (QED) is 0.445. The van der Waals surface area contributed by atoms with Crippen LogP contribution < -0.4 is 20.5 Å². The minimum Gasteiger partial charge on any atom is -0.453 e. The number of amides is 1. The van der Waals surface area contributed by atoms with E-state index in [1.54, 1.807) is 0 Å². The summed E-state index contributed by atoms with van der Waals surface area (Å²) in [5, 5.41) is 2.57. The van der Waals surface area contributed by atoms with Gasteiger partial charge >= 0.3 is 6.36 Å². The van der Waals surface area contributed by atoms with Gasteiger partial charge in [0.1, 0.15) is 11.6 Å². The van der Waals surface area contributed by atoms with E-state index in [0.29, 0.717) is 5.69 Å². The van der Waals surface area contributed by atoms with Crippen LogP contribution in [0.3, 0.4) is 0 Å². The molecule has 0 bridgehead atoms. The number of nitrogens with zero attached hydrogens (tertiary/aromatic N) is 1. The topological polar surface area (TPSA) is 86.5 Å². The van der Waals surface area contributed by atoms with Crippen LogP contribution in [-0.2, 0) is 0 Å². The van der Waals surface area contributed by atoms with E-state index in [2.05, 4.69) is 15.0 Å². The number of carbonyl (C=O) groups excluding carboxylic acids is 1. The molecule has 0 fully saturated rings. The number of nitrogens with one attached hydrogen (secondary N) is 1. The van der Waals surface area contributed by atoms with Crippen molar-refractivity contribution in [3.63, 3.8) is 0 Å². The Morgan fingerprint density at radius 2 is 1.70 bits per heavy atom. The molecule has 2 aromatic carbocycles. The van der Waals surface area contributed by atoms with Crippen molar-refractivity contribution in [1.29, 1.82) is 0 Å². The molecule has 1 amide bonds. The van der Waals surface area contributed by atoms with Gasteiger partial charge in [0.15, 0.2) is 11.5 Å². The number of para-hydroxylation sites is 2. The number of nitrogens with two attached hydrogens (primary N) is 1. The van der Waals surface area contributed by atoms with Crippen LogP contribution >= 0.6 is 0 Å². The van der Waals surface area contributed by atoms with Crippen LogP contribution in [0.15, 0.2) is 54.6 Å². The number of pyridine rings is 1. The van der Waals surface area contributed by atoms with Crippen molar-refractivity contribution in [2.75, 3.05) is 11.1 Å². The highest BCUT2D eigenvalue weighted by atomic mass is 19.4. The lowest BCUT2D eigenvalue weighted by Crippen LogP contribution is -2.17. The molecule has 0 aliphatic carbocycles. The number of aryl methyl sites for hydroxylation is 1. The highest BCUT2D eigenvalue weighted by Crippen LogP contribution is 2.35. The minimum absolute atomic E-state index is 0.00690. The second-order valence-corrected chi connectivity index (χ2v) is 6.10. The van der Waals surface area contributed by atoms with Crippen molar-refractivity contribution >= 4 is 17.4 Å². The summed E-state index contributed by atoms with van der Waals surface area (Å²) in [5.74, 6) is -2.02. The monoisotopic (exact) mass is 421 g/mol. The molecule has 3 rings (SSSR count). The first kappa shape index (κ1) is 20.9. The van der Waals surface area contributed by atoms with Gasteiger partial charge < -0.3 is 20.5 Å². The molecule has 0 saturated carbocycles. The van der Waals surface area contributed by atoms with E-state index in [1.807, 2.05) is 0 Å². The maximum Gasteiger partial charge on any atom is 0.573 e. The molecule has 0 aliphatic heterocycles. The third kappa shape index (κ3) is 5.16. The van der Waals surface area contributed by atoms with Gasteiger partial charge in [0.05, 0.1) is 5.56 Å². The molecule has 1 aromatic heterocycles. The third-order valence-corrected chi connectivity index (χ3v) is 3.84. The fraction of sp³-hybridized carbons (Fsp3) is 0.100. The number of carbonyl (C=O) groups is 1. The average molecular weight is 421 g/mol. The average Bonchev–Trinajstić information content (AvgIpc) is 2.66. The summed E-state index contributed by atoms with van der Waals surface area (Å²) in [6.07, 6.45) is -4.86. The van der Waals surface area contributed by atoms with Gasteiger partial charge in [-0.3, -0.25) is 4.79 Å². The summed E-state index contributed by atoms with van der Waals surface area (Å²) < 4.78 is 60.2. The number of ether oxygens (including phenoxy) is 2. The van der Waals surface area contributed by atoms with Crippen LogP contribution in [0.4, 0.5) is 29.1 Å². The van der Waals surface area contributed by atoms with Gasteiger partial charge in [0.25, 0.3) is 5.91 Å². The minimum atomic E-state index is -4.86. The number of benzene rings is 2. The summed E-state index contributed by atoms with van der Waals surface area (Å²) >= 11 is 0. The Hall–Kier alpha value is -3.82. The summed E-state index contributed by atoms with van der Waals surface area (Å²) in [6, 6.07) is 12.4. The molecule has 0 saturated heterocycles. The first-order valence-electron chi connectivity index (χ1n) is 8.49. The predicted molar refractivity (Wildman–Crippen MR) is 101 cm³/mol. The summed E-state index contributed by atoms with van der Waals surface area (Å²) in [6.45, 7) is 1.45. The smallest absolute Gasteiger partial charge is 0.453 e. The molecule has 0 spiro atoms. The number of nitrogen functional groups attached to an aromatic ring is 1. The number of alkyl halides is 3. The Kier molecular flexibility index (Phi) is 5.77. The van der Waals surface area contributed by atoms with Crippen molar-refractivity contribution in [3.8, 4) is 17.2 Å². The van der Waals surface area contributed by atoms with Gasteiger partial charge in [-0.05, 0) is 49.4 Å². The lowest BCUT2D eigenvalue weighted by Gasteiger charge is -2.14. The Morgan fingerprint density at radius 3 is 2.33 bits per heavy atom. The molecule has 3 aromatic rings. The fourth-order valence-electron chi connectivity index (χ4n) is 2.46. The molecule has 0 unspecified atom stereocenters. The molecule has 30 heavy (non-hydrogen) atoms. The number of anilines is 2. The zero-order valence-corrected chi connectivity index (χ0v) is 15.5. The Labute approximate surface area is 168 Å². The van der Waals surface area contributed by atoms with Gasteiger partial charge in [-0.1, -0.05) is 12.1 Å². The van der Waals surface area contributed by atoms with Crippen LogP contribution in [-0.4, -0.2) is 17.3 Å². The van der Waals surface area contributed by atoms with Crippen LogP contribution in [0.1, 0.15) is 15.9 Å². The van der Waals surface area contributed by atoms with Crippen molar-refractivity contribution in [3.05, 3.63) is 71.7 Å². The largest absolute Gasteiger partial charge is 0.573 e. The number of hydrogen-bond acceptors (Lipinski definition) is 5. The Balaban J connectivity index is 1.72. The van der Waals surface area contributed by atoms with Crippen molar-refractivity contribution in [2.45, 2.75) is 13.3 Å². The summed E-state index contributed by atoms with van der Waals surface area (Å²) in [5.41, 5.74) is 6.12. The second-order valence-electron chi connectivity index (χ2n) is 6.10. The lowest BCUT2D eigenvalue weighted by atomic mass is 10.1. The zero-order chi connectivity index (χ0) is 21.9. The zero-order valence-electron chi connectivity index (χ0n) is 15.5. The molecule has 0 radical (unpaired) electrons. The number of hydrogen-bond donors (Lipinski definition) is 2. The lowest BCUT2D eigenvalue weighted by molar-refractivity contribution is -0.275. The molecule has 3 N–H and O–H groups in total. The van der Waals surface area contributed by atoms with E-state index < -0.39 is 24.0 Å². The van der Waals surface area contributed by atoms with Gasteiger partial charge in [-0.2, -0.15) is 4.39 Å². The van der Waals surface area contributed by atoms with Gasteiger partial charge in [0, 0.05) is 11.3 Å². The molecule has 10 heteroatoms. The third-order valence-electron chi connectivity index (χ3n) is 3.84. The second kappa shape index (κ2) is 8.27. The first-order valence-corrected chi connectivity index (χ1v) is 8.49. The normalized spacial score (nSPS) is 11.1. The molecule has 0 atom stereocenters. The highest BCUT2D eigenvalue weighted by Gasteiger charge is 2.32. The number of aromatic nitrogens is 1. The molecule has 1 heterocycles. The van der Waals surface area contributed by atoms with E-state index in [4.69, 9.17) is 10.5 Å². The van der Waals surface area contributed by atoms with Crippen LogP contribution in [0.25, 0.3) is 0 Å². The van der Waals surface area contributed by atoms with Crippen molar-refractivity contribution in [1.82, 2.24) is 4.98 Å². The van der Waals surface area contributed by atoms with E-state index in [9.17, 15) is 22.4 Å². The Morgan fingerprint density at radius 1 is 1.07 bits per heavy atom. The maximum absolute atomic E-state index is 13.4. The van der Waals surface area contributed by atoms with Gasteiger partial charge in [0.2, 0.25) is 5.95 Å². The number of rotatable bonds is 5. The van der Waals surface area contributed by atoms with E-state index in [-0.39, 0.29) is 28.4 Å². The fourth-order valence-corrected chi connectivity index (χ4v) is 2.46. The molecular formula is C20H15F4N3O3. The molecule has 156 valence electrons. The van der Waals surface area contributed by atoms with E-state index in [1.165, 1.54) is 55.5 Å².